The average molecular weight is 298 g/mol. The zero-order valence-electron chi connectivity index (χ0n) is 12.4. The number of aliphatic hydroxyl groups excluding tert-OH is 1. The van der Waals surface area contributed by atoms with Gasteiger partial charge in [0.05, 0.1) is 18.1 Å². The lowest BCUT2D eigenvalue weighted by Gasteiger charge is -2.28. The topological polar surface area (TPSA) is 98.7 Å². The number of hydrogen-bond acceptors (Lipinski definition) is 3. The van der Waals surface area contributed by atoms with E-state index < -0.39 is 12.1 Å². The van der Waals surface area contributed by atoms with E-state index in [1.54, 1.807) is 0 Å². The molecule has 2 amide bonds. The van der Waals surface area contributed by atoms with Crippen molar-refractivity contribution in [2.24, 2.45) is 5.92 Å². The molecule has 2 fully saturated rings. The first-order chi connectivity index (χ1) is 10.1. The number of aliphatic hydroxyl groups is 1. The molecule has 21 heavy (non-hydrogen) atoms. The van der Waals surface area contributed by atoms with Gasteiger partial charge in [-0.25, -0.2) is 4.79 Å². The maximum Gasteiger partial charge on any atom is 0.315 e. The van der Waals surface area contributed by atoms with Gasteiger partial charge in [-0.2, -0.15) is 0 Å². The first kappa shape index (κ1) is 16.1. The fourth-order valence-electron chi connectivity index (χ4n) is 3.34. The molecule has 2 aliphatic rings. The van der Waals surface area contributed by atoms with Gasteiger partial charge < -0.3 is 20.8 Å². The molecule has 0 aliphatic heterocycles. The van der Waals surface area contributed by atoms with Gasteiger partial charge in [0, 0.05) is 6.04 Å². The third-order valence-electron chi connectivity index (χ3n) is 4.71. The molecule has 0 heterocycles. The molecule has 0 aromatic carbocycles. The van der Waals surface area contributed by atoms with Gasteiger partial charge in [0.25, 0.3) is 0 Å². The number of hydrogen-bond donors (Lipinski definition) is 4. The van der Waals surface area contributed by atoms with Gasteiger partial charge in [-0.1, -0.05) is 19.3 Å². The van der Waals surface area contributed by atoms with Crippen molar-refractivity contribution >= 4 is 12.0 Å². The molecule has 6 nitrogen and oxygen atoms in total. The van der Waals surface area contributed by atoms with E-state index in [1.807, 2.05) is 0 Å². The van der Waals surface area contributed by atoms with Crippen LogP contribution in [-0.2, 0) is 4.79 Å². The summed E-state index contributed by atoms with van der Waals surface area (Å²) in [6.45, 7) is 0. The first-order valence-electron chi connectivity index (χ1n) is 8.04. The second-order valence-corrected chi connectivity index (χ2v) is 6.32. The normalized spacial score (nSPS) is 33.8. The van der Waals surface area contributed by atoms with Crippen molar-refractivity contribution < 1.29 is 19.8 Å². The smallest absolute Gasteiger partial charge is 0.315 e. The maximum absolute atomic E-state index is 12.0. The van der Waals surface area contributed by atoms with Crippen LogP contribution in [0.15, 0.2) is 0 Å². The van der Waals surface area contributed by atoms with Gasteiger partial charge in [0.2, 0.25) is 0 Å². The van der Waals surface area contributed by atoms with Crippen molar-refractivity contribution in [2.75, 3.05) is 0 Å². The predicted octanol–water partition coefficient (Wildman–Crippen LogP) is 1.62. The highest BCUT2D eigenvalue weighted by molar-refractivity contribution is 5.75. The van der Waals surface area contributed by atoms with E-state index in [4.69, 9.17) is 5.11 Å². The molecule has 2 saturated carbocycles. The number of carbonyl (C=O) groups excluding carboxylic acids is 1. The Hall–Kier alpha value is -1.30. The van der Waals surface area contributed by atoms with Gasteiger partial charge >= 0.3 is 12.0 Å². The van der Waals surface area contributed by atoms with Gasteiger partial charge in [0.15, 0.2) is 0 Å². The van der Waals surface area contributed by atoms with Crippen LogP contribution >= 0.6 is 0 Å². The number of carboxylic acids is 1. The van der Waals surface area contributed by atoms with Crippen molar-refractivity contribution in [3.8, 4) is 0 Å². The van der Waals surface area contributed by atoms with Crippen LogP contribution in [0.3, 0.4) is 0 Å². The first-order valence-corrected chi connectivity index (χ1v) is 8.04. The number of carboxylic acid groups (broad SMARTS) is 1. The van der Waals surface area contributed by atoms with Gasteiger partial charge in [-0.3, -0.25) is 4.79 Å². The molecule has 0 saturated heterocycles. The van der Waals surface area contributed by atoms with Crippen LogP contribution in [0, 0.1) is 5.92 Å². The third-order valence-corrected chi connectivity index (χ3v) is 4.71. The zero-order chi connectivity index (χ0) is 15.2. The Morgan fingerprint density at radius 1 is 0.857 bits per heavy atom. The fourth-order valence-corrected chi connectivity index (χ4v) is 3.34. The van der Waals surface area contributed by atoms with Crippen LogP contribution in [0.5, 0.6) is 0 Å². The molecule has 0 radical (unpaired) electrons. The minimum absolute atomic E-state index is 0.0449. The summed E-state index contributed by atoms with van der Waals surface area (Å²) in [5.41, 5.74) is 0. The number of aliphatic carboxylic acids is 1. The van der Waals surface area contributed by atoms with Crippen molar-refractivity contribution in [2.45, 2.75) is 76.0 Å². The zero-order valence-corrected chi connectivity index (χ0v) is 12.4. The quantitative estimate of drug-likeness (QED) is 0.595. The average Bonchev–Trinajstić information content (AvgIpc) is 2.65. The molecule has 6 heteroatoms. The molecule has 0 unspecified atom stereocenters. The largest absolute Gasteiger partial charge is 0.481 e. The summed E-state index contributed by atoms with van der Waals surface area (Å²) in [6, 6.07) is -0.355. The summed E-state index contributed by atoms with van der Waals surface area (Å²) in [5.74, 6) is -1.01. The summed E-state index contributed by atoms with van der Waals surface area (Å²) >= 11 is 0. The summed E-state index contributed by atoms with van der Waals surface area (Å²) < 4.78 is 0. The molecule has 4 N–H and O–H groups in total. The van der Waals surface area contributed by atoms with E-state index in [1.165, 1.54) is 0 Å². The highest BCUT2D eigenvalue weighted by Crippen LogP contribution is 2.24. The SMILES string of the molecule is O=C(NC1CCC(C(=O)O)CC1)N[C@@H]1CCCCC[C@H]1O. The maximum atomic E-state index is 12.0. The van der Waals surface area contributed by atoms with Crippen molar-refractivity contribution in [3.05, 3.63) is 0 Å². The summed E-state index contributed by atoms with van der Waals surface area (Å²) in [7, 11) is 0. The van der Waals surface area contributed by atoms with Gasteiger partial charge in [-0.05, 0) is 38.5 Å². The van der Waals surface area contributed by atoms with Crippen LogP contribution in [0.4, 0.5) is 4.79 Å². The minimum Gasteiger partial charge on any atom is -0.481 e. The van der Waals surface area contributed by atoms with Crippen LogP contribution in [0.1, 0.15) is 57.8 Å². The van der Waals surface area contributed by atoms with Crippen LogP contribution < -0.4 is 10.6 Å². The predicted molar refractivity (Wildman–Crippen MR) is 77.9 cm³/mol. The molecular formula is C15H26N2O4. The highest BCUT2D eigenvalue weighted by atomic mass is 16.4. The number of rotatable bonds is 3. The third kappa shape index (κ3) is 4.88. The molecule has 0 aromatic heterocycles. The number of amides is 2. The molecular weight excluding hydrogens is 272 g/mol. The molecule has 0 aromatic rings. The summed E-state index contributed by atoms with van der Waals surface area (Å²) in [5, 5.41) is 24.7. The van der Waals surface area contributed by atoms with Crippen molar-refractivity contribution in [1.82, 2.24) is 10.6 Å². The Kier molecular flexibility index (Phi) is 5.85. The highest BCUT2D eigenvalue weighted by Gasteiger charge is 2.28. The van der Waals surface area contributed by atoms with E-state index >= 15 is 0 Å². The molecule has 2 aliphatic carbocycles. The standard InChI is InChI=1S/C15H26N2O4/c18-13-5-3-1-2-4-12(13)17-15(21)16-11-8-6-10(7-9-11)14(19)20/h10-13,18H,1-9H2,(H,19,20)(H2,16,17,21)/t10?,11?,12-,13-/m1/s1. The second kappa shape index (κ2) is 7.64. The van der Waals surface area contributed by atoms with Gasteiger partial charge in [-0.15, -0.1) is 0 Å². The number of urea groups is 1. The van der Waals surface area contributed by atoms with E-state index in [0.29, 0.717) is 25.7 Å². The minimum atomic E-state index is -0.737. The molecule has 120 valence electrons. The Morgan fingerprint density at radius 2 is 1.52 bits per heavy atom. The number of nitrogens with one attached hydrogen (secondary N) is 2. The lowest BCUT2D eigenvalue weighted by Crippen LogP contribution is -2.50. The molecule has 2 rings (SSSR count). The summed E-state index contributed by atoms with van der Waals surface area (Å²) in [6.07, 6.45) is 6.91. The Morgan fingerprint density at radius 3 is 2.19 bits per heavy atom. The molecule has 0 bridgehead atoms. The van der Waals surface area contributed by atoms with Crippen molar-refractivity contribution in [3.63, 3.8) is 0 Å². The van der Waals surface area contributed by atoms with E-state index in [-0.39, 0.29) is 24.0 Å². The van der Waals surface area contributed by atoms with Crippen molar-refractivity contribution in [1.29, 1.82) is 0 Å². The fraction of sp³-hybridized carbons (Fsp3) is 0.867. The van der Waals surface area contributed by atoms with Crippen LogP contribution in [0.2, 0.25) is 0 Å². The van der Waals surface area contributed by atoms with Crippen LogP contribution in [0.25, 0.3) is 0 Å². The Labute approximate surface area is 125 Å². The van der Waals surface area contributed by atoms with E-state index in [0.717, 1.165) is 32.1 Å². The Balaban J connectivity index is 1.73. The lowest BCUT2D eigenvalue weighted by atomic mass is 9.86. The number of carbonyl (C=O) groups is 2. The monoisotopic (exact) mass is 298 g/mol. The van der Waals surface area contributed by atoms with Gasteiger partial charge in [0.1, 0.15) is 0 Å². The molecule has 2 atom stereocenters. The Bertz CT molecular complexity index is 367. The van der Waals surface area contributed by atoms with E-state index in [9.17, 15) is 14.7 Å². The second-order valence-electron chi connectivity index (χ2n) is 6.32. The van der Waals surface area contributed by atoms with Crippen LogP contribution in [-0.4, -0.2) is 40.4 Å². The van der Waals surface area contributed by atoms with E-state index in [2.05, 4.69) is 10.6 Å². The molecule has 0 spiro atoms. The lowest BCUT2D eigenvalue weighted by molar-refractivity contribution is -0.142. The summed E-state index contributed by atoms with van der Waals surface area (Å²) in [4.78, 5) is 22.9.